The predicted octanol–water partition coefficient (Wildman–Crippen LogP) is 1.86. The number of rotatable bonds is 5. The molecule has 15 heavy (non-hydrogen) atoms. The number of hydrogen-bond donors (Lipinski definition) is 1. The quantitative estimate of drug-likeness (QED) is 0.742. The lowest BCUT2D eigenvalue weighted by molar-refractivity contribution is 0.279. The lowest BCUT2D eigenvalue weighted by Gasteiger charge is -2.24. The van der Waals surface area contributed by atoms with E-state index >= 15 is 0 Å². The molecule has 1 atom stereocenters. The van der Waals surface area contributed by atoms with E-state index in [1.165, 1.54) is 51.6 Å². The minimum absolute atomic E-state index is 0.824. The minimum Gasteiger partial charge on any atom is -0.312 e. The Morgan fingerprint density at radius 2 is 1.80 bits per heavy atom. The molecule has 2 aliphatic carbocycles. The molecule has 2 heteroatoms. The lowest BCUT2D eigenvalue weighted by Crippen LogP contribution is -2.42. The summed E-state index contributed by atoms with van der Waals surface area (Å²) in [5.41, 5.74) is 0. The van der Waals surface area contributed by atoms with Crippen LogP contribution in [0.4, 0.5) is 0 Å². The van der Waals surface area contributed by atoms with Gasteiger partial charge >= 0.3 is 0 Å². The average molecular weight is 208 g/mol. The molecule has 2 saturated carbocycles. The van der Waals surface area contributed by atoms with Gasteiger partial charge in [0.05, 0.1) is 0 Å². The second-order valence-corrected chi connectivity index (χ2v) is 5.89. The molecule has 1 saturated heterocycles. The van der Waals surface area contributed by atoms with Crippen molar-refractivity contribution < 1.29 is 0 Å². The van der Waals surface area contributed by atoms with Gasteiger partial charge in [0, 0.05) is 18.6 Å². The fourth-order valence-corrected chi connectivity index (χ4v) is 3.14. The van der Waals surface area contributed by atoms with Crippen LogP contribution in [-0.2, 0) is 0 Å². The Balaban J connectivity index is 1.46. The molecule has 1 N–H and O–H groups in total. The maximum absolute atomic E-state index is 3.87. The average Bonchev–Trinajstić information content (AvgIpc) is 3.11. The number of likely N-dealkylation sites (N-methyl/N-ethyl adjacent to an activating group) is 1. The molecule has 2 nitrogen and oxygen atoms in total. The van der Waals surface area contributed by atoms with E-state index in [1.54, 1.807) is 0 Å². The molecular formula is C13H24N2. The number of likely N-dealkylation sites (tertiary alicyclic amines) is 1. The number of hydrogen-bond acceptors (Lipinski definition) is 2. The minimum atomic E-state index is 0.824. The van der Waals surface area contributed by atoms with Crippen molar-refractivity contribution in [2.24, 2.45) is 11.8 Å². The topological polar surface area (TPSA) is 15.3 Å². The molecule has 1 unspecified atom stereocenters. The highest BCUT2D eigenvalue weighted by Gasteiger charge is 2.41. The van der Waals surface area contributed by atoms with Crippen LogP contribution >= 0.6 is 0 Å². The lowest BCUT2D eigenvalue weighted by atomic mass is 10.1. The van der Waals surface area contributed by atoms with Crippen LogP contribution in [0.2, 0.25) is 0 Å². The summed E-state index contributed by atoms with van der Waals surface area (Å²) in [6.07, 6.45) is 8.79. The molecule has 3 rings (SSSR count). The van der Waals surface area contributed by atoms with Crippen molar-refractivity contribution in [3.05, 3.63) is 0 Å². The molecule has 0 spiro atoms. The summed E-state index contributed by atoms with van der Waals surface area (Å²) in [5, 5.41) is 3.87. The normalized spacial score (nSPS) is 32.8. The van der Waals surface area contributed by atoms with Gasteiger partial charge in [-0.2, -0.15) is 0 Å². The third kappa shape index (κ3) is 2.36. The van der Waals surface area contributed by atoms with Gasteiger partial charge in [0.2, 0.25) is 0 Å². The van der Waals surface area contributed by atoms with E-state index in [1.807, 2.05) is 0 Å². The fourth-order valence-electron chi connectivity index (χ4n) is 3.14. The predicted molar refractivity (Wildman–Crippen MR) is 62.9 cm³/mol. The van der Waals surface area contributed by atoms with Gasteiger partial charge in [-0.25, -0.2) is 0 Å². The van der Waals surface area contributed by atoms with E-state index in [2.05, 4.69) is 17.3 Å². The second-order valence-electron chi connectivity index (χ2n) is 5.89. The Morgan fingerprint density at radius 1 is 1.13 bits per heavy atom. The molecule has 0 aromatic carbocycles. The standard InChI is InChI=1S/C13H24N2/c1-15-8-2-3-12(15)9-14-13(10-4-5-10)11-6-7-11/h10-14H,2-9H2,1H3. The zero-order chi connectivity index (χ0) is 10.3. The Bertz CT molecular complexity index is 209. The van der Waals surface area contributed by atoms with Crippen LogP contribution in [0.5, 0.6) is 0 Å². The van der Waals surface area contributed by atoms with Crippen LogP contribution in [0.3, 0.4) is 0 Å². The van der Waals surface area contributed by atoms with Crippen molar-refractivity contribution in [1.29, 1.82) is 0 Å². The summed E-state index contributed by atoms with van der Waals surface area (Å²) < 4.78 is 0. The molecule has 1 heterocycles. The number of nitrogens with one attached hydrogen (secondary N) is 1. The van der Waals surface area contributed by atoms with Gasteiger partial charge in [0.25, 0.3) is 0 Å². The molecule has 0 amide bonds. The zero-order valence-electron chi connectivity index (χ0n) is 9.91. The SMILES string of the molecule is CN1CCCC1CNC(C1CC1)C1CC1. The fraction of sp³-hybridized carbons (Fsp3) is 1.00. The van der Waals surface area contributed by atoms with Crippen LogP contribution in [-0.4, -0.2) is 37.1 Å². The van der Waals surface area contributed by atoms with Crippen LogP contribution in [0, 0.1) is 11.8 Å². The smallest absolute Gasteiger partial charge is 0.0218 e. The molecule has 0 aromatic heterocycles. The summed E-state index contributed by atoms with van der Waals surface area (Å²) in [4.78, 5) is 2.53. The van der Waals surface area contributed by atoms with Crippen molar-refractivity contribution in [3.8, 4) is 0 Å². The summed E-state index contributed by atoms with van der Waals surface area (Å²) >= 11 is 0. The Kier molecular flexibility index (Phi) is 2.73. The maximum atomic E-state index is 3.87. The van der Waals surface area contributed by atoms with Gasteiger partial charge in [0.1, 0.15) is 0 Å². The number of nitrogens with zero attached hydrogens (tertiary/aromatic N) is 1. The van der Waals surface area contributed by atoms with E-state index in [4.69, 9.17) is 0 Å². The van der Waals surface area contributed by atoms with Crippen molar-refractivity contribution in [3.63, 3.8) is 0 Å². The summed E-state index contributed by atoms with van der Waals surface area (Å²) in [6, 6.07) is 1.71. The summed E-state index contributed by atoms with van der Waals surface area (Å²) in [5.74, 6) is 2.09. The van der Waals surface area contributed by atoms with E-state index < -0.39 is 0 Å². The highest BCUT2D eigenvalue weighted by molar-refractivity contribution is 4.97. The van der Waals surface area contributed by atoms with E-state index in [-0.39, 0.29) is 0 Å². The maximum Gasteiger partial charge on any atom is 0.0218 e. The first kappa shape index (κ1) is 10.1. The van der Waals surface area contributed by atoms with Gasteiger partial charge in [-0.15, -0.1) is 0 Å². The van der Waals surface area contributed by atoms with Gasteiger partial charge in [0.15, 0.2) is 0 Å². The van der Waals surface area contributed by atoms with E-state index in [9.17, 15) is 0 Å². The van der Waals surface area contributed by atoms with Crippen molar-refractivity contribution >= 4 is 0 Å². The molecule has 0 aromatic rings. The molecule has 86 valence electrons. The van der Waals surface area contributed by atoms with Gasteiger partial charge < -0.3 is 10.2 Å². The van der Waals surface area contributed by atoms with Gasteiger partial charge in [-0.05, 0) is 64.0 Å². The molecular weight excluding hydrogens is 184 g/mol. The van der Waals surface area contributed by atoms with Crippen LogP contribution < -0.4 is 5.32 Å². The Labute approximate surface area is 93.4 Å². The first-order valence-corrected chi connectivity index (χ1v) is 6.78. The second kappa shape index (κ2) is 4.06. The largest absolute Gasteiger partial charge is 0.312 e. The first-order valence-electron chi connectivity index (χ1n) is 6.78. The van der Waals surface area contributed by atoms with Crippen LogP contribution in [0.25, 0.3) is 0 Å². The molecule has 3 aliphatic rings. The first-order chi connectivity index (χ1) is 7.34. The third-order valence-electron chi connectivity index (χ3n) is 4.52. The Hall–Kier alpha value is -0.0800. The molecule has 0 radical (unpaired) electrons. The monoisotopic (exact) mass is 208 g/mol. The van der Waals surface area contributed by atoms with Crippen LogP contribution in [0.15, 0.2) is 0 Å². The molecule has 0 bridgehead atoms. The Morgan fingerprint density at radius 3 is 2.27 bits per heavy atom. The van der Waals surface area contributed by atoms with Gasteiger partial charge in [-0.3, -0.25) is 0 Å². The summed E-state index contributed by atoms with van der Waals surface area (Å²) in [6.45, 7) is 2.55. The van der Waals surface area contributed by atoms with Crippen molar-refractivity contribution in [1.82, 2.24) is 10.2 Å². The molecule has 3 fully saturated rings. The van der Waals surface area contributed by atoms with Crippen molar-refractivity contribution in [2.45, 2.75) is 50.6 Å². The highest BCUT2D eigenvalue weighted by atomic mass is 15.2. The zero-order valence-corrected chi connectivity index (χ0v) is 9.91. The summed E-state index contributed by atoms with van der Waals surface area (Å²) in [7, 11) is 2.28. The van der Waals surface area contributed by atoms with Crippen molar-refractivity contribution in [2.75, 3.05) is 20.1 Å². The van der Waals surface area contributed by atoms with E-state index in [0.717, 1.165) is 23.9 Å². The molecule has 1 aliphatic heterocycles. The highest BCUT2D eigenvalue weighted by Crippen LogP contribution is 2.44. The third-order valence-corrected chi connectivity index (χ3v) is 4.52. The van der Waals surface area contributed by atoms with Crippen LogP contribution in [0.1, 0.15) is 38.5 Å². The van der Waals surface area contributed by atoms with E-state index in [0.29, 0.717) is 0 Å². The van der Waals surface area contributed by atoms with Gasteiger partial charge in [-0.1, -0.05) is 0 Å².